The minimum Gasteiger partial charge on any atom is -0.451 e. The summed E-state index contributed by atoms with van der Waals surface area (Å²) >= 11 is 13.7. The molecule has 1 fully saturated rings. The standard InChI is InChI=1S/C34H26Cl2N2O4S/c35-26-5-7-29-23(13-26)16-31(41-29)33(39)37-18-28-15-25(19-43-28)21-3-1-20(2-4-21)22-9-11-38(12-10-22)34(40)32-17-24-14-27(36)6-8-30(24)42-32/h1-8,13-17,19,22H,9-12,18H2,(H,37,39). The number of nitrogens with one attached hydrogen (secondary N) is 1. The molecule has 7 rings (SSSR count). The van der Waals surface area contributed by atoms with Crippen LogP contribution in [0.4, 0.5) is 0 Å². The van der Waals surface area contributed by atoms with Gasteiger partial charge in [-0.2, -0.15) is 0 Å². The van der Waals surface area contributed by atoms with Crippen LogP contribution in [-0.4, -0.2) is 29.8 Å². The number of thiophene rings is 1. The van der Waals surface area contributed by atoms with Gasteiger partial charge >= 0.3 is 0 Å². The molecule has 9 heteroatoms. The lowest BCUT2D eigenvalue weighted by atomic mass is 9.88. The Labute approximate surface area is 261 Å². The molecule has 3 aromatic heterocycles. The molecular weight excluding hydrogens is 603 g/mol. The van der Waals surface area contributed by atoms with Crippen LogP contribution in [-0.2, 0) is 6.54 Å². The summed E-state index contributed by atoms with van der Waals surface area (Å²) in [4.78, 5) is 28.7. The Kier molecular flexibility index (Phi) is 7.47. The molecule has 1 N–H and O–H groups in total. The smallest absolute Gasteiger partial charge is 0.289 e. The van der Waals surface area contributed by atoms with E-state index in [1.165, 1.54) is 5.56 Å². The zero-order valence-electron chi connectivity index (χ0n) is 22.9. The number of likely N-dealkylation sites (tertiary alicyclic amines) is 1. The predicted octanol–water partition coefficient (Wildman–Crippen LogP) is 9.16. The molecule has 0 unspecified atom stereocenters. The molecular formula is C34H26Cl2N2O4S. The monoisotopic (exact) mass is 628 g/mol. The van der Waals surface area contributed by atoms with Crippen molar-refractivity contribution in [1.82, 2.24) is 10.2 Å². The Morgan fingerprint density at radius 1 is 0.791 bits per heavy atom. The number of fused-ring (bicyclic) bond motifs is 2. The lowest BCUT2D eigenvalue weighted by molar-refractivity contribution is 0.0683. The Bertz CT molecular complexity index is 1970. The summed E-state index contributed by atoms with van der Waals surface area (Å²) in [6, 6.07) is 24.9. The maximum absolute atomic E-state index is 13.1. The average Bonchev–Trinajstić information content (AvgIpc) is 3.78. The Balaban J connectivity index is 0.937. The van der Waals surface area contributed by atoms with Gasteiger partial charge in [-0.15, -0.1) is 11.3 Å². The highest BCUT2D eigenvalue weighted by atomic mass is 35.5. The molecule has 1 saturated heterocycles. The largest absolute Gasteiger partial charge is 0.451 e. The second kappa shape index (κ2) is 11.6. The third kappa shape index (κ3) is 5.80. The van der Waals surface area contributed by atoms with Gasteiger partial charge in [-0.1, -0.05) is 47.5 Å². The summed E-state index contributed by atoms with van der Waals surface area (Å²) in [5, 5.41) is 7.90. The summed E-state index contributed by atoms with van der Waals surface area (Å²) in [6.07, 6.45) is 1.80. The number of nitrogens with zero attached hydrogens (tertiary/aromatic N) is 1. The molecule has 0 atom stereocenters. The van der Waals surface area contributed by atoms with E-state index < -0.39 is 0 Å². The number of piperidine rings is 1. The third-order valence-corrected chi connectivity index (χ3v) is 9.37. The van der Waals surface area contributed by atoms with Crippen molar-refractivity contribution >= 4 is 68.3 Å². The van der Waals surface area contributed by atoms with Gasteiger partial charge in [0.15, 0.2) is 11.5 Å². The van der Waals surface area contributed by atoms with E-state index in [9.17, 15) is 9.59 Å². The Hall–Kier alpha value is -4.04. The van der Waals surface area contributed by atoms with Crippen molar-refractivity contribution in [2.45, 2.75) is 25.3 Å². The van der Waals surface area contributed by atoms with Crippen LogP contribution in [0.5, 0.6) is 0 Å². The number of carbonyl (C=O) groups is 2. The second-order valence-electron chi connectivity index (χ2n) is 10.8. The molecule has 43 heavy (non-hydrogen) atoms. The summed E-state index contributed by atoms with van der Waals surface area (Å²) < 4.78 is 11.5. The summed E-state index contributed by atoms with van der Waals surface area (Å²) in [5.41, 5.74) is 4.82. The van der Waals surface area contributed by atoms with Crippen molar-refractivity contribution in [3.05, 3.63) is 116 Å². The second-order valence-corrected chi connectivity index (χ2v) is 12.6. The van der Waals surface area contributed by atoms with E-state index in [2.05, 4.69) is 41.0 Å². The van der Waals surface area contributed by atoms with Crippen LogP contribution in [0.2, 0.25) is 10.0 Å². The maximum Gasteiger partial charge on any atom is 0.289 e. The van der Waals surface area contributed by atoms with Gasteiger partial charge in [0, 0.05) is 38.8 Å². The van der Waals surface area contributed by atoms with Crippen LogP contribution >= 0.6 is 34.5 Å². The number of carbonyl (C=O) groups excluding carboxylic acids is 2. The van der Waals surface area contributed by atoms with E-state index >= 15 is 0 Å². The molecule has 0 bridgehead atoms. The molecule has 216 valence electrons. The lowest BCUT2D eigenvalue weighted by Crippen LogP contribution is -2.37. The van der Waals surface area contributed by atoms with E-state index in [4.69, 9.17) is 32.0 Å². The molecule has 2 amide bonds. The fourth-order valence-corrected chi connectivity index (χ4v) is 6.84. The number of amides is 2. The molecule has 0 saturated carbocycles. The molecule has 4 heterocycles. The van der Waals surface area contributed by atoms with Gasteiger partial charge in [0.2, 0.25) is 0 Å². The number of hydrogen-bond donors (Lipinski definition) is 1. The zero-order chi connectivity index (χ0) is 29.5. The summed E-state index contributed by atoms with van der Waals surface area (Å²) in [5.74, 6) is 0.680. The molecule has 0 aliphatic carbocycles. The summed E-state index contributed by atoms with van der Waals surface area (Å²) in [7, 11) is 0. The average molecular weight is 630 g/mol. The first-order valence-electron chi connectivity index (χ1n) is 14.0. The zero-order valence-corrected chi connectivity index (χ0v) is 25.3. The molecule has 6 aromatic rings. The van der Waals surface area contributed by atoms with Gasteiger partial charge in [0.05, 0.1) is 6.54 Å². The van der Waals surface area contributed by atoms with Gasteiger partial charge in [-0.25, -0.2) is 0 Å². The third-order valence-electron chi connectivity index (χ3n) is 7.97. The lowest BCUT2D eigenvalue weighted by Gasteiger charge is -2.31. The first kappa shape index (κ1) is 27.8. The minimum absolute atomic E-state index is 0.0759. The number of furan rings is 2. The van der Waals surface area contributed by atoms with Crippen LogP contribution < -0.4 is 5.32 Å². The number of rotatable bonds is 6. The molecule has 1 aliphatic heterocycles. The molecule has 6 nitrogen and oxygen atoms in total. The first-order valence-corrected chi connectivity index (χ1v) is 15.7. The van der Waals surface area contributed by atoms with E-state index in [-0.39, 0.29) is 17.6 Å². The number of halogens is 2. The fourth-order valence-electron chi connectivity index (χ4n) is 5.64. The number of hydrogen-bond acceptors (Lipinski definition) is 5. The van der Waals surface area contributed by atoms with Crippen LogP contribution in [0, 0.1) is 0 Å². The van der Waals surface area contributed by atoms with Gasteiger partial charge < -0.3 is 19.1 Å². The Morgan fingerprint density at radius 3 is 2.09 bits per heavy atom. The van der Waals surface area contributed by atoms with Gasteiger partial charge in [-0.05, 0) is 95.4 Å². The quantitative estimate of drug-likeness (QED) is 0.199. The van der Waals surface area contributed by atoms with Crippen LogP contribution in [0.1, 0.15) is 50.3 Å². The van der Waals surface area contributed by atoms with Gasteiger partial charge in [0.1, 0.15) is 11.2 Å². The van der Waals surface area contributed by atoms with Crippen molar-refractivity contribution in [2.24, 2.45) is 0 Å². The normalized spacial score (nSPS) is 14.0. The molecule has 0 radical (unpaired) electrons. The van der Waals surface area contributed by atoms with E-state index in [1.807, 2.05) is 11.0 Å². The maximum atomic E-state index is 13.1. The van der Waals surface area contributed by atoms with Crippen molar-refractivity contribution in [2.75, 3.05) is 13.1 Å². The predicted molar refractivity (Wildman–Crippen MR) is 171 cm³/mol. The van der Waals surface area contributed by atoms with Gasteiger partial charge in [0.25, 0.3) is 11.8 Å². The molecule has 1 aliphatic rings. The fraction of sp³-hybridized carbons (Fsp3) is 0.176. The van der Waals surface area contributed by atoms with Crippen molar-refractivity contribution in [3.63, 3.8) is 0 Å². The van der Waals surface area contributed by atoms with Crippen molar-refractivity contribution in [1.29, 1.82) is 0 Å². The van der Waals surface area contributed by atoms with Crippen LogP contribution in [0.25, 0.3) is 33.1 Å². The van der Waals surface area contributed by atoms with Crippen molar-refractivity contribution < 1.29 is 18.4 Å². The first-order chi connectivity index (χ1) is 20.9. The van der Waals surface area contributed by atoms with E-state index in [0.717, 1.165) is 39.6 Å². The van der Waals surface area contributed by atoms with Crippen LogP contribution in [0.3, 0.4) is 0 Å². The van der Waals surface area contributed by atoms with E-state index in [0.29, 0.717) is 52.5 Å². The van der Waals surface area contributed by atoms with Crippen LogP contribution in [0.15, 0.2) is 93.1 Å². The van der Waals surface area contributed by atoms with E-state index in [1.54, 1.807) is 53.8 Å². The van der Waals surface area contributed by atoms with Gasteiger partial charge in [-0.3, -0.25) is 9.59 Å². The highest BCUT2D eigenvalue weighted by Crippen LogP contribution is 2.33. The molecule has 3 aromatic carbocycles. The topological polar surface area (TPSA) is 75.7 Å². The Morgan fingerprint density at radius 2 is 1.42 bits per heavy atom. The summed E-state index contributed by atoms with van der Waals surface area (Å²) in [6.45, 7) is 1.79. The molecule has 0 spiro atoms. The van der Waals surface area contributed by atoms with Crippen molar-refractivity contribution in [3.8, 4) is 11.1 Å². The minimum atomic E-state index is -0.262. The highest BCUT2D eigenvalue weighted by Gasteiger charge is 2.26. The number of benzene rings is 3. The highest BCUT2D eigenvalue weighted by molar-refractivity contribution is 7.10. The SMILES string of the molecule is O=C(NCc1cc(-c2ccc(C3CCN(C(=O)c4cc5cc(Cl)ccc5o4)CC3)cc2)cs1)c1cc2cc(Cl)ccc2o1.